The highest BCUT2D eigenvalue weighted by molar-refractivity contribution is 7.92. The Morgan fingerprint density at radius 2 is 1.73 bits per heavy atom. The topological polar surface area (TPSA) is 168 Å². The number of nitrogens with one attached hydrogen (secondary N) is 2. The van der Waals surface area contributed by atoms with Crippen LogP contribution in [0.4, 0.5) is 10.5 Å². The minimum Gasteiger partial charge on any atom is -0.505 e. The summed E-state index contributed by atoms with van der Waals surface area (Å²) < 4.78 is 31.2. The molecule has 0 saturated carbocycles. The van der Waals surface area contributed by atoms with Crippen LogP contribution in [-0.4, -0.2) is 56.8 Å². The van der Waals surface area contributed by atoms with Gasteiger partial charge in [0, 0.05) is 13.1 Å². The minimum absolute atomic E-state index is 0.00853. The highest BCUT2D eigenvalue weighted by Gasteiger charge is 2.25. The predicted octanol–water partition coefficient (Wildman–Crippen LogP) is 2.67. The van der Waals surface area contributed by atoms with Crippen LogP contribution in [0, 0.1) is 11.8 Å². The molecular formula is C28H40N4O7S. The molecule has 2 aromatic carbocycles. The van der Waals surface area contributed by atoms with E-state index >= 15 is 0 Å². The summed E-state index contributed by atoms with van der Waals surface area (Å²) in [7, 11) is -3.62. The fourth-order valence-electron chi connectivity index (χ4n) is 3.95. The highest BCUT2D eigenvalue weighted by atomic mass is 32.2. The Kier molecular flexibility index (Phi) is 12.2. The number of phenolic OH excluding ortho intramolecular Hbond substituents is 1. The number of alkyl carbamates (subject to hydrolysis) is 1. The highest BCUT2D eigenvalue weighted by Crippen LogP contribution is 2.34. The quantitative estimate of drug-likeness (QED) is 0.253. The van der Waals surface area contributed by atoms with Crippen LogP contribution in [0.2, 0.25) is 0 Å². The zero-order valence-electron chi connectivity index (χ0n) is 23.4. The van der Waals surface area contributed by atoms with Gasteiger partial charge in [-0.15, -0.1) is 0 Å². The SMILES string of the molecule is CC(C)CCN(c1cccc(CC(C)CNC(=O)[C@@H](CC(N)=O)NC(=O)OCc2ccccc2)c1O)S(C)(=O)=O. The number of nitrogens with two attached hydrogens (primary N) is 1. The number of amides is 3. The van der Waals surface area contributed by atoms with Crippen LogP contribution in [0.3, 0.4) is 0 Å². The van der Waals surface area contributed by atoms with Gasteiger partial charge in [0.25, 0.3) is 0 Å². The number of ether oxygens (including phenoxy) is 1. The fourth-order valence-corrected chi connectivity index (χ4v) is 4.89. The lowest BCUT2D eigenvalue weighted by Gasteiger charge is -2.25. The average Bonchev–Trinajstić information content (AvgIpc) is 2.87. The minimum atomic E-state index is -3.62. The number of aromatic hydroxyl groups is 1. The normalized spacial score (nSPS) is 12.8. The summed E-state index contributed by atoms with van der Waals surface area (Å²) in [6.07, 6.45) is 0.772. The first-order valence-electron chi connectivity index (χ1n) is 13.1. The number of para-hydroxylation sites is 1. The van der Waals surface area contributed by atoms with Crippen LogP contribution in [0.15, 0.2) is 48.5 Å². The molecule has 0 aliphatic heterocycles. The Labute approximate surface area is 236 Å². The second-order valence-corrected chi connectivity index (χ2v) is 12.2. The van der Waals surface area contributed by atoms with Crippen LogP contribution >= 0.6 is 0 Å². The number of carbonyl (C=O) groups is 3. The molecule has 0 radical (unpaired) electrons. The fraction of sp³-hybridized carbons (Fsp3) is 0.464. The van der Waals surface area contributed by atoms with Gasteiger partial charge in [0.2, 0.25) is 21.8 Å². The van der Waals surface area contributed by atoms with Crippen molar-refractivity contribution in [2.45, 2.75) is 52.7 Å². The standard InChI is InChI=1S/C28H40N4O7S/c1-19(2)13-14-32(40(4,37)38)24-12-8-11-22(26(24)34)15-20(3)17-30-27(35)23(16-25(29)33)31-28(36)39-18-21-9-6-5-7-10-21/h5-12,19-20,23,34H,13-18H2,1-4H3,(H2,29,33)(H,30,35)(H,31,36)/t20?,23-/m1/s1. The third kappa shape index (κ3) is 10.8. The van der Waals surface area contributed by atoms with Crippen LogP contribution in [0.25, 0.3) is 0 Å². The van der Waals surface area contributed by atoms with E-state index in [0.717, 1.165) is 11.8 Å². The van der Waals surface area contributed by atoms with Gasteiger partial charge in [0.1, 0.15) is 18.4 Å². The number of rotatable bonds is 15. The first-order valence-corrected chi connectivity index (χ1v) is 14.9. The molecule has 12 heteroatoms. The molecule has 40 heavy (non-hydrogen) atoms. The van der Waals surface area contributed by atoms with Gasteiger partial charge >= 0.3 is 6.09 Å². The molecule has 1 unspecified atom stereocenters. The molecule has 0 heterocycles. The molecule has 0 aliphatic rings. The number of hydrogen-bond acceptors (Lipinski definition) is 7. The number of nitrogens with zero attached hydrogens (tertiary/aromatic N) is 1. The van der Waals surface area contributed by atoms with Gasteiger partial charge in [-0.3, -0.25) is 13.9 Å². The molecule has 2 rings (SSSR count). The van der Waals surface area contributed by atoms with Gasteiger partial charge in [-0.05, 0) is 41.9 Å². The monoisotopic (exact) mass is 576 g/mol. The van der Waals surface area contributed by atoms with Crippen molar-refractivity contribution < 1.29 is 32.6 Å². The van der Waals surface area contributed by atoms with Gasteiger partial charge in [0.15, 0.2) is 0 Å². The second kappa shape index (κ2) is 15.1. The Bertz CT molecular complexity index is 1250. The number of sulfonamides is 1. The lowest BCUT2D eigenvalue weighted by atomic mass is 9.99. The molecule has 0 saturated heterocycles. The van der Waals surface area contributed by atoms with Gasteiger partial charge in [0.05, 0.1) is 18.4 Å². The van der Waals surface area contributed by atoms with Gasteiger partial charge in [-0.2, -0.15) is 0 Å². The molecule has 2 aromatic rings. The molecule has 0 bridgehead atoms. The van der Waals surface area contributed by atoms with E-state index in [9.17, 15) is 27.9 Å². The molecule has 0 spiro atoms. The first kappa shape index (κ1) is 32.4. The summed E-state index contributed by atoms with van der Waals surface area (Å²) in [6, 6.07) is 12.7. The summed E-state index contributed by atoms with van der Waals surface area (Å²) in [6.45, 7) is 6.20. The molecule has 5 N–H and O–H groups in total. The van der Waals surface area contributed by atoms with Crippen molar-refractivity contribution in [3.05, 3.63) is 59.7 Å². The van der Waals surface area contributed by atoms with E-state index in [-0.39, 0.29) is 43.0 Å². The molecule has 3 amide bonds. The smallest absolute Gasteiger partial charge is 0.408 e. The van der Waals surface area contributed by atoms with Crippen molar-refractivity contribution in [3.8, 4) is 5.75 Å². The zero-order valence-corrected chi connectivity index (χ0v) is 24.2. The summed E-state index contributed by atoms with van der Waals surface area (Å²) in [5.41, 5.74) is 6.75. The van der Waals surface area contributed by atoms with Crippen LogP contribution in [-0.2, 0) is 37.4 Å². The van der Waals surface area contributed by atoms with E-state index in [1.54, 1.807) is 42.5 Å². The summed E-state index contributed by atoms with van der Waals surface area (Å²) in [4.78, 5) is 36.5. The van der Waals surface area contributed by atoms with Crippen molar-refractivity contribution in [1.29, 1.82) is 0 Å². The van der Waals surface area contributed by atoms with Crippen LogP contribution < -0.4 is 20.7 Å². The van der Waals surface area contributed by atoms with Crippen molar-refractivity contribution in [2.75, 3.05) is 23.7 Å². The van der Waals surface area contributed by atoms with E-state index in [1.807, 2.05) is 26.8 Å². The van der Waals surface area contributed by atoms with E-state index < -0.39 is 40.4 Å². The maximum atomic E-state index is 12.8. The lowest BCUT2D eigenvalue weighted by Crippen LogP contribution is -2.49. The van der Waals surface area contributed by atoms with Gasteiger partial charge in [-0.25, -0.2) is 13.2 Å². The van der Waals surface area contributed by atoms with E-state index in [2.05, 4.69) is 10.6 Å². The number of hydrogen-bond donors (Lipinski definition) is 4. The summed E-state index contributed by atoms with van der Waals surface area (Å²) in [5.74, 6) is -1.43. The predicted molar refractivity (Wildman–Crippen MR) is 153 cm³/mol. The molecule has 11 nitrogen and oxygen atoms in total. The van der Waals surface area contributed by atoms with Crippen molar-refractivity contribution >= 4 is 33.6 Å². The Hall–Kier alpha value is -3.80. The zero-order chi connectivity index (χ0) is 29.9. The summed E-state index contributed by atoms with van der Waals surface area (Å²) in [5, 5.41) is 16.0. The third-order valence-electron chi connectivity index (χ3n) is 6.10. The Morgan fingerprint density at radius 3 is 2.33 bits per heavy atom. The van der Waals surface area contributed by atoms with E-state index in [1.165, 1.54) is 4.31 Å². The number of anilines is 1. The molecule has 0 aliphatic carbocycles. The van der Waals surface area contributed by atoms with E-state index in [0.29, 0.717) is 18.4 Å². The number of phenols is 1. The van der Waals surface area contributed by atoms with Crippen molar-refractivity contribution in [3.63, 3.8) is 0 Å². The van der Waals surface area contributed by atoms with Gasteiger partial charge < -0.3 is 26.2 Å². The number of primary amides is 1. The van der Waals surface area contributed by atoms with E-state index in [4.69, 9.17) is 10.5 Å². The molecule has 0 fully saturated rings. The molecule has 220 valence electrons. The maximum Gasteiger partial charge on any atom is 0.408 e. The second-order valence-electron chi connectivity index (χ2n) is 10.3. The van der Waals surface area contributed by atoms with Crippen molar-refractivity contribution in [2.24, 2.45) is 17.6 Å². The first-order chi connectivity index (χ1) is 18.8. The van der Waals surface area contributed by atoms with Gasteiger partial charge in [-0.1, -0.05) is 63.2 Å². The maximum absolute atomic E-state index is 12.8. The lowest BCUT2D eigenvalue weighted by molar-refractivity contribution is -0.127. The number of carbonyl (C=O) groups excluding carboxylic acids is 3. The molecule has 0 aromatic heterocycles. The number of benzene rings is 2. The Morgan fingerprint density at radius 1 is 1.05 bits per heavy atom. The van der Waals surface area contributed by atoms with Crippen LogP contribution in [0.5, 0.6) is 5.75 Å². The van der Waals surface area contributed by atoms with Crippen molar-refractivity contribution in [1.82, 2.24) is 10.6 Å². The van der Waals surface area contributed by atoms with Crippen LogP contribution in [0.1, 0.15) is 44.7 Å². The third-order valence-corrected chi connectivity index (χ3v) is 7.28. The Balaban J connectivity index is 2.01. The summed E-state index contributed by atoms with van der Waals surface area (Å²) >= 11 is 0. The largest absolute Gasteiger partial charge is 0.505 e. The molecular weight excluding hydrogens is 536 g/mol. The molecule has 2 atom stereocenters. The average molecular weight is 577 g/mol.